The fourth-order valence-electron chi connectivity index (χ4n) is 1.85. The maximum atomic E-state index is 5.87. The van der Waals surface area contributed by atoms with Crippen molar-refractivity contribution in [1.82, 2.24) is 15.2 Å². The smallest absolute Gasteiger partial charge is 0.153 e. The lowest BCUT2D eigenvalue weighted by Gasteiger charge is -2.01. The Labute approximate surface area is 87.5 Å². The van der Waals surface area contributed by atoms with Crippen LogP contribution in [0.3, 0.4) is 0 Å². The van der Waals surface area contributed by atoms with Gasteiger partial charge in [0.05, 0.1) is 0 Å². The molecule has 1 saturated carbocycles. The van der Waals surface area contributed by atoms with Crippen LogP contribution in [0.25, 0.3) is 11.1 Å². The van der Waals surface area contributed by atoms with Crippen LogP contribution in [0.2, 0.25) is 0 Å². The van der Waals surface area contributed by atoms with Gasteiger partial charge in [-0.25, -0.2) is 0 Å². The second-order valence-electron chi connectivity index (χ2n) is 3.91. The molecule has 15 heavy (non-hydrogen) atoms. The Morgan fingerprint density at radius 2 is 2.27 bits per heavy atom. The number of nitrogens with zero attached hydrogens (tertiary/aromatic N) is 2. The summed E-state index contributed by atoms with van der Waals surface area (Å²) in [4.78, 5) is 4.11. The van der Waals surface area contributed by atoms with Gasteiger partial charge in [-0.15, -0.1) is 0 Å². The van der Waals surface area contributed by atoms with Crippen molar-refractivity contribution in [1.29, 1.82) is 0 Å². The van der Waals surface area contributed by atoms with E-state index in [1.165, 1.54) is 18.5 Å². The standard InChI is InChI=1S/C11H12N4/c12-11-9(8-2-1-5-13-6-8)10(14-15-11)7-3-4-7/h1-2,5-7H,3-4H2,(H3,12,14,15). The van der Waals surface area contributed by atoms with E-state index < -0.39 is 0 Å². The quantitative estimate of drug-likeness (QED) is 0.778. The number of nitrogens with two attached hydrogens (primary N) is 1. The summed E-state index contributed by atoms with van der Waals surface area (Å²) in [5.41, 5.74) is 9.12. The maximum absolute atomic E-state index is 5.87. The molecule has 1 aliphatic rings. The Morgan fingerprint density at radius 1 is 1.40 bits per heavy atom. The van der Waals surface area contributed by atoms with Gasteiger partial charge in [0, 0.05) is 35.1 Å². The number of anilines is 1. The summed E-state index contributed by atoms with van der Waals surface area (Å²) in [6.07, 6.45) is 6.05. The van der Waals surface area contributed by atoms with Crippen LogP contribution in [0.1, 0.15) is 24.5 Å². The van der Waals surface area contributed by atoms with Gasteiger partial charge in [-0.1, -0.05) is 6.07 Å². The normalized spacial score (nSPS) is 15.5. The number of nitrogen functional groups attached to an aromatic ring is 1. The lowest BCUT2D eigenvalue weighted by Crippen LogP contribution is -1.90. The number of pyridine rings is 1. The van der Waals surface area contributed by atoms with Crippen molar-refractivity contribution in [3.8, 4) is 11.1 Å². The molecule has 0 spiro atoms. The Morgan fingerprint density at radius 3 is 2.93 bits per heavy atom. The van der Waals surface area contributed by atoms with E-state index in [9.17, 15) is 0 Å². The molecule has 0 bridgehead atoms. The second kappa shape index (κ2) is 3.08. The van der Waals surface area contributed by atoms with Crippen molar-refractivity contribution in [2.24, 2.45) is 0 Å². The molecule has 0 atom stereocenters. The van der Waals surface area contributed by atoms with Gasteiger partial charge in [-0.05, 0) is 18.9 Å². The van der Waals surface area contributed by atoms with Crippen LogP contribution in [0, 0.1) is 0 Å². The summed E-state index contributed by atoms with van der Waals surface area (Å²) in [5.74, 6) is 1.19. The minimum absolute atomic E-state index is 0.574. The number of aromatic nitrogens is 3. The van der Waals surface area contributed by atoms with Gasteiger partial charge in [0.25, 0.3) is 0 Å². The van der Waals surface area contributed by atoms with E-state index in [4.69, 9.17) is 5.73 Å². The molecule has 3 rings (SSSR count). The number of hydrogen-bond donors (Lipinski definition) is 2. The van der Waals surface area contributed by atoms with Gasteiger partial charge in [-0.3, -0.25) is 10.1 Å². The molecule has 2 aromatic heterocycles. The van der Waals surface area contributed by atoms with Gasteiger partial charge in [0.15, 0.2) is 5.82 Å². The molecule has 0 amide bonds. The Hall–Kier alpha value is -1.84. The highest BCUT2D eigenvalue weighted by Gasteiger charge is 2.29. The molecule has 2 aromatic rings. The summed E-state index contributed by atoms with van der Waals surface area (Å²) in [7, 11) is 0. The average Bonchev–Trinajstić information content (AvgIpc) is 3.04. The molecule has 1 aliphatic carbocycles. The number of H-pyrrole nitrogens is 1. The predicted octanol–water partition coefficient (Wildman–Crippen LogP) is 1.93. The Bertz CT molecular complexity index is 471. The highest BCUT2D eigenvalue weighted by molar-refractivity contribution is 5.76. The molecule has 0 saturated heterocycles. The molecule has 0 radical (unpaired) electrons. The largest absolute Gasteiger partial charge is 0.382 e. The maximum Gasteiger partial charge on any atom is 0.153 e. The van der Waals surface area contributed by atoms with E-state index in [0.29, 0.717) is 11.7 Å². The highest BCUT2D eigenvalue weighted by atomic mass is 15.2. The molecule has 76 valence electrons. The SMILES string of the molecule is Nc1n[nH]c(C2CC2)c1-c1cccnc1. The Kier molecular flexibility index (Phi) is 1.74. The van der Waals surface area contributed by atoms with Crippen molar-refractivity contribution < 1.29 is 0 Å². The summed E-state index contributed by atoms with van der Waals surface area (Å²) >= 11 is 0. The lowest BCUT2D eigenvalue weighted by atomic mass is 10.1. The van der Waals surface area contributed by atoms with Gasteiger partial charge in [0.2, 0.25) is 0 Å². The van der Waals surface area contributed by atoms with E-state index in [-0.39, 0.29) is 0 Å². The van der Waals surface area contributed by atoms with Crippen LogP contribution in [0.4, 0.5) is 5.82 Å². The number of nitrogens with one attached hydrogen (secondary N) is 1. The molecule has 4 nitrogen and oxygen atoms in total. The van der Waals surface area contributed by atoms with Crippen molar-refractivity contribution in [2.75, 3.05) is 5.73 Å². The van der Waals surface area contributed by atoms with E-state index in [0.717, 1.165) is 11.1 Å². The number of aromatic amines is 1. The van der Waals surface area contributed by atoms with Gasteiger partial charge >= 0.3 is 0 Å². The van der Waals surface area contributed by atoms with E-state index >= 15 is 0 Å². The van der Waals surface area contributed by atoms with Gasteiger partial charge in [0.1, 0.15) is 0 Å². The predicted molar refractivity (Wildman–Crippen MR) is 58.2 cm³/mol. The van der Waals surface area contributed by atoms with Crippen LogP contribution in [0.15, 0.2) is 24.5 Å². The molecule has 3 N–H and O–H groups in total. The summed E-state index contributed by atoms with van der Waals surface area (Å²) in [6.45, 7) is 0. The monoisotopic (exact) mass is 200 g/mol. The zero-order valence-electron chi connectivity index (χ0n) is 8.27. The third-order valence-electron chi connectivity index (χ3n) is 2.76. The van der Waals surface area contributed by atoms with Crippen molar-refractivity contribution >= 4 is 5.82 Å². The third kappa shape index (κ3) is 1.38. The van der Waals surface area contributed by atoms with Crippen molar-refractivity contribution in [2.45, 2.75) is 18.8 Å². The molecule has 2 heterocycles. The molecule has 0 aromatic carbocycles. The Balaban J connectivity index is 2.13. The average molecular weight is 200 g/mol. The van der Waals surface area contributed by atoms with E-state index in [1.54, 1.807) is 6.20 Å². The van der Waals surface area contributed by atoms with E-state index in [2.05, 4.69) is 15.2 Å². The summed E-state index contributed by atoms with van der Waals surface area (Å²) in [5, 5.41) is 7.11. The fraction of sp³-hybridized carbons (Fsp3) is 0.273. The first-order chi connectivity index (χ1) is 7.36. The van der Waals surface area contributed by atoms with Crippen LogP contribution < -0.4 is 5.73 Å². The van der Waals surface area contributed by atoms with Crippen LogP contribution in [0.5, 0.6) is 0 Å². The molecule has 0 aliphatic heterocycles. The molecule has 1 fully saturated rings. The summed E-state index contributed by atoms with van der Waals surface area (Å²) in [6, 6.07) is 3.93. The zero-order chi connectivity index (χ0) is 10.3. The topological polar surface area (TPSA) is 67.6 Å². The van der Waals surface area contributed by atoms with Crippen LogP contribution in [-0.2, 0) is 0 Å². The fourth-order valence-corrected chi connectivity index (χ4v) is 1.85. The zero-order valence-corrected chi connectivity index (χ0v) is 8.27. The molecule has 4 heteroatoms. The number of rotatable bonds is 2. The second-order valence-corrected chi connectivity index (χ2v) is 3.91. The van der Waals surface area contributed by atoms with E-state index in [1.807, 2.05) is 18.3 Å². The van der Waals surface area contributed by atoms with Crippen LogP contribution in [-0.4, -0.2) is 15.2 Å². The van der Waals surface area contributed by atoms with Crippen LogP contribution >= 0.6 is 0 Å². The molecular weight excluding hydrogens is 188 g/mol. The first kappa shape index (κ1) is 8.47. The molecular formula is C11H12N4. The first-order valence-corrected chi connectivity index (χ1v) is 5.10. The summed E-state index contributed by atoms with van der Waals surface area (Å²) < 4.78 is 0. The van der Waals surface area contributed by atoms with Crippen molar-refractivity contribution in [3.63, 3.8) is 0 Å². The minimum atomic E-state index is 0.574. The van der Waals surface area contributed by atoms with Gasteiger partial charge < -0.3 is 5.73 Å². The first-order valence-electron chi connectivity index (χ1n) is 5.10. The minimum Gasteiger partial charge on any atom is -0.382 e. The molecule has 0 unspecified atom stereocenters. The lowest BCUT2D eigenvalue weighted by molar-refractivity contribution is 0.968. The van der Waals surface area contributed by atoms with Gasteiger partial charge in [-0.2, -0.15) is 5.10 Å². The highest BCUT2D eigenvalue weighted by Crippen LogP contribution is 2.44. The number of hydrogen-bond acceptors (Lipinski definition) is 3. The third-order valence-corrected chi connectivity index (χ3v) is 2.76. The van der Waals surface area contributed by atoms with Crippen molar-refractivity contribution in [3.05, 3.63) is 30.2 Å².